The molecule has 0 aliphatic carbocycles. The molecule has 30 heavy (non-hydrogen) atoms. The number of hydrogen-bond acceptors (Lipinski definition) is 5. The lowest BCUT2D eigenvalue weighted by Gasteiger charge is -2.26. The quantitative estimate of drug-likeness (QED) is 0.561. The average molecular weight is 421 g/mol. The van der Waals surface area contributed by atoms with E-state index in [1.165, 1.54) is 30.3 Å². The Kier molecular flexibility index (Phi) is 6.01. The zero-order valence-electron chi connectivity index (χ0n) is 15.8. The highest BCUT2D eigenvalue weighted by Gasteiger charge is 2.24. The third-order valence-electron chi connectivity index (χ3n) is 4.34. The molecule has 0 aliphatic heterocycles. The molecule has 3 rings (SSSR count). The molecule has 0 heterocycles. The van der Waals surface area contributed by atoms with Crippen LogP contribution in [-0.2, 0) is 16.6 Å². The van der Waals surface area contributed by atoms with E-state index in [1.807, 2.05) is 6.07 Å². The van der Waals surface area contributed by atoms with Crippen LogP contribution < -0.4 is 21.1 Å². The summed E-state index contributed by atoms with van der Waals surface area (Å²) in [7, 11) is -3.98. The van der Waals surface area contributed by atoms with Crippen LogP contribution in [-0.4, -0.2) is 14.4 Å². The van der Waals surface area contributed by atoms with E-state index in [-0.39, 0.29) is 28.4 Å². The van der Waals surface area contributed by atoms with Crippen molar-refractivity contribution in [1.29, 1.82) is 5.26 Å². The molecule has 152 valence electrons. The molecule has 0 fully saturated rings. The second-order valence-corrected chi connectivity index (χ2v) is 7.95. The van der Waals surface area contributed by atoms with Gasteiger partial charge in [-0.3, -0.25) is 9.62 Å². The molecule has 5 N–H and O–H groups in total. The molecule has 8 nitrogen and oxygen atoms in total. The van der Waals surface area contributed by atoms with E-state index >= 15 is 0 Å². The fourth-order valence-corrected chi connectivity index (χ4v) is 4.04. The SMILES string of the molecule is N#Cc1ccc(N(C(N)=O)c2ccccc2CN)c(NS(=O)(=O)c2ccccc2)c1. The minimum absolute atomic E-state index is 0.0310. The first-order valence-electron chi connectivity index (χ1n) is 8.87. The lowest BCUT2D eigenvalue weighted by atomic mass is 10.1. The van der Waals surface area contributed by atoms with E-state index in [0.717, 1.165) is 4.90 Å². The average Bonchev–Trinajstić information content (AvgIpc) is 2.75. The van der Waals surface area contributed by atoms with Crippen LogP contribution in [0.15, 0.2) is 77.7 Å². The highest BCUT2D eigenvalue weighted by atomic mass is 32.2. The summed E-state index contributed by atoms with van der Waals surface area (Å²) in [5.74, 6) is 0. The summed E-state index contributed by atoms with van der Waals surface area (Å²) < 4.78 is 28.2. The Morgan fingerprint density at radius 1 is 1.00 bits per heavy atom. The molecule has 3 aromatic carbocycles. The Hall–Kier alpha value is -3.87. The van der Waals surface area contributed by atoms with Gasteiger partial charge in [0, 0.05) is 6.54 Å². The minimum atomic E-state index is -3.98. The molecule has 0 aliphatic rings. The van der Waals surface area contributed by atoms with Crippen LogP contribution in [0.2, 0.25) is 0 Å². The van der Waals surface area contributed by atoms with E-state index < -0.39 is 16.1 Å². The number of nitrogens with one attached hydrogen (secondary N) is 1. The smallest absolute Gasteiger partial charge is 0.323 e. The molecule has 0 saturated heterocycles. The predicted octanol–water partition coefficient (Wildman–Crippen LogP) is 3.03. The fraction of sp³-hybridized carbons (Fsp3) is 0.0476. The van der Waals surface area contributed by atoms with Crippen LogP contribution in [0.25, 0.3) is 0 Å². The fourth-order valence-electron chi connectivity index (χ4n) is 2.95. The minimum Gasteiger partial charge on any atom is -0.351 e. The van der Waals surface area contributed by atoms with Gasteiger partial charge in [-0.1, -0.05) is 36.4 Å². The number of benzene rings is 3. The second kappa shape index (κ2) is 8.65. The molecule has 0 unspecified atom stereocenters. The Morgan fingerprint density at radius 3 is 2.30 bits per heavy atom. The molecule has 0 radical (unpaired) electrons. The van der Waals surface area contributed by atoms with Gasteiger partial charge in [0.05, 0.1) is 33.6 Å². The Balaban J connectivity index is 2.17. The van der Waals surface area contributed by atoms with Crippen LogP contribution >= 0.6 is 0 Å². The molecule has 0 spiro atoms. The van der Waals surface area contributed by atoms with Crippen molar-refractivity contribution in [1.82, 2.24) is 0 Å². The summed E-state index contributed by atoms with van der Waals surface area (Å²) in [6.07, 6.45) is 0. The van der Waals surface area contributed by atoms with Gasteiger partial charge in [-0.2, -0.15) is 5.26 Å². The van der Waals surface area contributed by atoms with Gasteiger partial charge >= 0.3 is 6.03 Å². The lowest BCUT2D eigenvalue weighted by Crippen LogP contribution is -2.33. The Labute approximate surface area is 174 Å². The zero-order valence-corrected chi connectivity index (χ0v) is 16.6. The van der Waals surface area contributed by atoms with Crippen LogP contribution in [0.3, 0.4) is 0 Å². The first kappa shape index (κ1) is 20.9. The van der Waals surface area contributed by atoms with Crippen molar-refractivity contribution in [2.24, 2.45) is 11.5 Å². The summed E-state index contributed by atoms with van der Waals surface area (Å²) in [6, 6.07) is 20.0. The van der Waals surface area contributed by atoms with Crippen molar-refractivity contribution in [3.63, 3.8) is 0 Å². The number of para-hydroxylation sites is 1. The van der Waals surface area contributed by atoms with Crippen LogP contribution in [0.5, 0.6) is 0 Å². The van der Waals surface area contributed by atoms with Gasteiger partial charge in [0.15, 0.2) is 0 Å². The third kappa shape index (κ3) is 4.25. The number of carbonyl (C=O) groups excluding carboxylic acids is 1. The van der Waals surface area contributed by atoms with Crippen molar-refractivity contribution in [3.05, 3.63) is 83.9 Å². The van der Waals surface area contributed by atoms with Gasteiger partial charge in [0.1, 0.15) is 0 Å². The van der Waals surface area contributed by atoms with Crippen LogP contribution in [0.4, 0.5) is 21.9 Å². The standard InChI is InChI=1S/C21H19N5O3S/c22-13-15-10-11-20(26(21(24)27)19-9-5-4-6-16(19)14-23)18(12-15)25-30(28,29)17-7-2-1-3-8-17/h1-12,25H,14,23H2,(H2,24,27). The molecule has 3 aromatic rings. The van der Waals surface area contributed by atoms with E-state index in [0.29, 0.717) is 11.3 Å². The number of amides is 2. The molecule has 0 atom stereocenters. The second-order valence-electron chi connectivity index (χ2n) is 6.27. The van der Waals surface area contributed by atoms with Crippen LogP contribution in [0.1, 0.15) is 11.1 Å². The molecule has 0 bridgehead atoms. The van der Waals surface area contributed by atoms with E-state index in [9.17, 15) is 18.5 Å². The number of hydrogen-bond donors (Lipinski definition) is 3. The van der Waals surface area contributed by atoms with Crippen molar-refractivity contribution in [2.45, 2.75) is 11.4 Å². The lowest BCUT2D eigenvalue weighted by molar-refractivity contribution is 0.256. The van der Waals surface area contributed by atoms with Gasteiger partial charge < -0.3 is 11.5 Å². The number of rotatable bonds is 6. The normalized spacial score (nSPS) is 10.8. The van der Waals surface area contributed by atoms with E-state index in [4.69, 9.17) is 11.5 Å². The molecule has 9 heteroatoms. The number of nitriles is 1. The number of nitrogens with two attached hydrogens (primary N) is 2. The largest absolute Gasteiger partial charge is 0.351 e. The number of carbonyl (C=O) groups is 1. The topological polar surface area (TPSA) is 142 Å². The number of primary amides is 1. The number of urea groups is 1. The molecular formula is C21H19N5O3S. The Morgan fingerprint density at radius 2 is 1.67 bits per heavy atom. The zero-order chi connectivity index (χ0) is 21.7. The van der Waals surface area contributed by atoms with E-state index in [2.05, 4.69) is 4.72 Å². The van der Waals surface area contributed by atoms with Crippen molar-refractivity contribution < 1.29 is 13.2 Å². The third-order valence-corrected chi connectivity index (χ3v) is 5.72. The van der Waals surface area contributed by atoms with E-state index in [1.54, 1.807) is 42.5 Å². The maximum atomic E-state index is 12.9. The van der Waals surface area contributed by atoms with Crippen LogP contribution in [0, 0.1) is 11.3 Å². The van der Waals surface area contributed by atoms with Crippen molar-refractivity contribution in [3.8, 4) is 6.07 Å². The summed E-state index contributed by atoms with van der Waals surface area (Å²) in [4.78, 5) is 13.6. The molecule has 0 saturated carbocycles. The summed E-state index contributed by atoms with van der Waals surface area (Å²) >= 11 is 0. The van der Waals surface area contributed by atoms with Crippen molar-refractivity contribution in [2.75, 3.05) is 9.62 Å². The highest BCUT2D eigenvalue weighted by molar-refractivity contribution is 7.92. The summed E-state index contributed by atoms with van der Waals surface area (Å²) in [5, 5.41) is 9.27. The molecular weight excluding hydrogens is 402 g/mol. The Bertz CT molecular complexity index is 1220. The number of nitrogens with zero attached hydrogens (tertiary/aromatic N) is 2. The number of sulfonamides is 1. The summed E-state index contributed by atoms with van der Waals surface area (Å²) in [5.41, 5.74) is 12.9. The number of anilines is 3. The molecule has 0 aromatic heterocycles. The van der Waals surface area contributed by atoms with Gasteiger partial charge in [0.2, 0.25) is 0 Å². The monoisotopic (exact) mass is 421 g/mol. The highest BCUT2D eigenvalue weighted by Crippen LogP contribution is 2.35. The van der Waals surface area contributed by atoms with Gasteiger partial charge in [-0.25, -0.2) is 13.2 Å². The van der Waals surface area contributed by atoms with Gasteiger partial charge in [-0.05, 0) is 42.0 Å². The van der Waals surface area contributed by atoms with Gasteiger partial charge in [-0.15, -0.1) is 0 Å². The van der Waals surface area contributed by atoms with Gasteiger partial charge in [0.25, 0.3) is 10.0 Å². The first-order chi connectivity index (χ1) is 14.4. The summed E-state index contributed by atoms with van der Waals surface area (Å²) in [6.45, 7) is 0.140. The molecule has 2 amide bonds. The first-order valence-corrected chi connectivity index (χ1v) is 10.3. The maximum Gasteiger partial charge on any atom is 0.323 e. The maximum absolute atomic E-state index is 12.9. The van der Waals surface area contributed by atoms with Crippen molar-refractivity contribution >= 4 is 33.1 Å². The predicted molar refractivity (Wildman–Crippen MR) is 114 cm³/mol.